The van der Waals surface area contributed by atoms with Crippen molar-refractivity contribution in [1.82, 2.24) is 9.78 Å². The van der Waals surface area contributed by atoms with Crippen LogP contribution in [0, 0.1) is 0 Å². The van der Waals surface area contributed by atoms with E-state index in [4.69, 9.17) is 4.74 Å². The van der Waals surface area contributed by atoms with E-state index in [1.807, 2.05) is 19.4 Å². The summed E-state index contributed by atoms with van der Waals surface area (Å²) in [7, 11) is 3.47. The number of methoxy groups -OCH3 is 1. The maximum Gasteiger partial charge on any atom is 0.0776 e. The standard InChI is InChI=1S/C9H16N2O2/c1-11-6-8(5-10-11)3-4-9(12)7-13-2/h5-6,9,12H,3-4,7H2,1-2H3. The fourth-order valence-electron chi connectivity index (χ4n) is 1.21. The summed E-state index contributed by atoms with van der Waals surface area (Å²) in [5.74, 6) is 0. The van der Waals surface area contributed by atoms with E-state index >= 15 is 0 Å². The summed E-state index contributed by atoms with van der Waals surface area (Å²) < 4.78 is 6.59. The van der Waals surface area contributed by atoms with Gasteiger partial charge < -0.3 is 9.84 Å². The van der Waals surface area contributed by atoms with Gasteiger partial charge >= 0.3 is 0 Å². The molecular weight excluding hydrogens is 168 g/mol. The molecule has 0 aromatic carbocycles. The minimum atomic E-state index is -0.370. The van der Waals surface area contributed by atoms with Gasteiger partial charge in [-0.25, -0.2) is 0 Å². The molecule has 1 unspecified atom stereocenters. The number of aromatic nitrogens is 2. The fourth-order valence-corrected chi connectivity index (χ4v) is 1.21. The summed E-state index contributed by atoms with van der Waals surface area (Å²) in [5, 5.41) is 13.4. The first-order valence-electron chi connectivity index (χ1n) is 4.37. The molecule has 0 fully saturated rings. The molecule has 13 heavy (non-hydrogen) atoms. The molecule has 4 nitrogen and oxygen atoms in total. The molecule has 0 radical (unpaired) electrons. The van der Waals surface area contributed by atoms with Crippen LogP contribution in [0.1, 0.15) is 12.0 Å². The predicted molar refractivity (Wildman–Crippen MR) is 49.4 cm³/mol. The van der Waals surface area contributed by atoms with Gasteiger partial charge in [-0.1, -0.05) is 0 Å². The largest absolute Gasteiger partial charge is 0.391 e. The third-order valence-electron chi connectivity index (χ3n) is 1.88. The minimum absolute atomic E-state index is 0.370. The van der Waals surface area contributed by atoms with Gasteiger partial charge in [0.1, 0.15) is 0 Å². The van der Waals surface area contributed by atoms with Gasteiger partial charge in [0.15, 0.2) is 0 Å². The van der Waals surface area contributed by atoms with E-state index in [0.717, 1.165) is 18.4 Å². The Kier molecular flexibility index (Phi) is 3.92. The number of aliphatic hydroxyl groups is 1. The SMILES string of the molecule is COCC(O)CCc1cnn(C)c1. The van der Waals surface area contributed by atoms with Gasteiger partial charge in [-0.2, -0.15) is 5.10 Å². The van der Waals surface area contributed by atoms with Crippen LogP contribution in [0.2, 0.25) is 0 Å². The molecule has 1 N–H and O–H groups in total. The van der Waals surface area contributed by atoms with Crippen molar-refractivity contribution in [2.45, 2.75) is 18.9 Å². The van der Waals surface area contributed by atoms with Crippen LogP contribution < -0.4 is 0 Å². The van der Waals surface area contributed by atoms with Crippen LogP contribution >= 0.6 is 0 Å². The van der Waals surface area contributed by atoms with Crippen molar-refractivity contribution in [2.24, 2.45) is 7.05 Å². The van der Waals surface area contributed by atoms with E-state index in [9.17, 15) is 5.11 Å². The Morgan fingerprint density at radius 3 is 3.00 bits per heavy atom. The maximum atomic E-state index is 9.37. The zero-order chi connectivity index (χ0) is 9.68. The molecule has 74 valence electrons. The summed E-state index contributed by atoms with van der Waals surface area (Å²) in [6, 6.07) is 0. The van der Waals surface area contributed by atoms with Gasteiger partial charge in [-0.05, 0) is 18.4 Å². The molecule has 1 aromatic heterocycles. The average molecular weight is 184 g/mol. The topological polar surface area (TPSA) is 47.3 Å². The van der Waals surface area contributed by atoms with Crippen molar-refractivity contribution in [2.75, 3.05) is 13.7 Å². The summed E-state index contributed by atoms with van der Waals surface area (Å²) in [6.07, 6.45) is 4.97. The summed E-state index contributed by atoms with van der Waals surface area (Å²) in [6.45, 7) is 0.403. The number of nitrogens with zero attached hydrogens (tertiary/aromatic N) is 2. The third kappa shape index (κ3) is 3.57. The molecule has 1 aromatic rings. The minimum Gasteiger partial charge on any atom is -0.391 e. The van der Waals surface area contributed by atoms with Crippen LogP contribution in [0.4, 0.5) is 0 Å². The van der Waals surface area contributed by atoms with Crippen LogP contribution in [-0.4, -0.2) is 34.7 Å². The van der Waals surface area contributed by atoms with E-state index in [1.165, 1.54) is 0 Å². The van der Waals surface area contributed by atoms with E-state index < -0.39 is 0 Å². The average Bonchev–Trinajstić information content (AvgIpc) is 2.49. The summed E-state index contributed by atoms with van der Waals surface area (Å²) in [4.78, 5) is 0. The molecule has 0 aliphatic carbocycles. The third-order valence-corrected chi connectivity index (χ3v) is 1.88. The highest BCUT2D eigenvalue weighted by Crippen LogP contribution is 2.03. The van der Waals surface area contributed by atoms with Gasteiger partial charge in [0.25, 0.3) is 0 Å². The number of aliphatic hydroxyl groups excluding tert-OH is 1. The predicted octanol–water partition coefficient (Wildman–Crippen LogP) is 0.360. The van der Waals surface area contributed by atoms with Gasteiger partial charge in [0.05, 0.1) is 18.9 Å². The molecule has 0 saturated heterocycles. The van der Waals surface area contributed by atoms with E-state index in [2.05, 4.69) is 5.10 Å². The lowest BCUT2D eigenvalue weighted by Gasteiger charge is -2.07. The first-order chi connectivity index (χ1) is 6.22. The molecule has 0 bridgehead atoms. The molecule has 0 saturated carbocycles. The van der Waals surface area contributed by atoms with Crippen LogP contribution in [-0.2, 0) is 18.2 Å². The van der Waals surface area contributed by atoms with E-state index in [-0.39, 0.29) is 6.10 Å². The monoisotopic (exact) mass is 184 g/mol. The molecule has 1 atom stereocenters. The zero-order valence-electron chi connectivity index (χ0n) is 8.10. The number of hydrogen-bond donors (Lipinski definition) is 1. The molecule has 0 aliphatic heterocycles. The van der Waals surface area contributed by atoms with Crippen LogP contribution in [0.5, 0.6) is 0 Å². The Bertz CT molecular complexity index is 248. The Morgan fingerprint density at radius 1 is 1.69 bits per heavy atom. The molecule has 0 amide bonds. The maximum absolute atomic E-state index is 9.37. The second kappa shape index (κ2) is 4.99. The lowest BCUT2D eigenvalue weighted by atomic mass is 10.1. The van der Waals surface area contributed by atoms with Crippen molar-refractivity contribution >= 4 is 0 Å². The summed E-state index contributed by atoms with van der Waals surface area (Å²) in [5.41, 5.74) is 1.15. The van der Waals surface area contributed by atoms with Crippen LogP contribution in [0.3, 0.4) is 0 Å². The smallest absolute Gasteiger partial charge is 0.0776 e. The Hall–Kier alpha value is -0.870. The van der Waals surface area contributed by atoms with Crippen LogP contribution in [0.15, 0.2) is 12.4 Å². The number of rotatable bonds is 5. The molecular formula is C9H16N2O2. The van der Waals surface area contributed by atoms with Crippen molar-refractivity contribution in [3.63, 3.8) is 0 Å². The lowest BCUT2D eigenvalue weighted by molar-refractivity contribution is 0.0595. The van der Waals surface area contributed by atoms with Gasteiger partial charge in [0.2, 0.25) is 0 Å². The first-order valence-corrected chi connectivity index (χ1v) is 4.37. The fraction of sp³-hybridized carbons (Fsp3) is 0.667. The highest BCUT2D eigenvalue weighted by molar-refractivity contribution is 5.03. The number of aryl methyl sites for hydroxylation is 2. The second-order valence-electron chi connectivity index (χ2n) is 3.17. The van der Waals surface area contributed by atoms with Crippen molar-refractivity contribution in [1.29, 1.82) is 0 Å². The Morgan fingerprint density at radius 2 is 2.46 bits per heavy atom. The van der Waals surface area contributed by atoms with Crippen molar-refractivity contribution < 1.29 is 9.84 Å². The van der Waals surface area contributed by atoms with E-state index in [0.29, 0.717) is 6.61 Å². The van der Waals surface area contributed by atoms with Gasteiger partial charge in [-0.15, -0.1) is 0 Å². The normalized spacial score (nSPS) is 13.2. The van der Waals surface area contributed by atoms with E-state index in [1.54, 1.807) is 11.8 Å². The lowest BCUT2D eigenvalue weighted by Crippen LogP contribution is -2.14. The van der Waals surface area contributed by atoms with Gasteiger partial charge in [-0.3, -0.25) is 4.68 Å². The number of hydrogen-bond acceptors (Lipinski definition) is 3. The molecule has 0 spiro atoms. The van der Waals surface area contributed by atoms with Gasteiger partial charge in [0, 0.05) is 20.4 Å². The first kappa shape index (κ1) is 10.2. The highest BCUT2D eigenvalue weighted by Gasteiger charge is 2.04. The molecule has 1 rings (SSSR count). The zero-order valence-corrected chi connectivity index (χ0v) is 8.10. The highest BCUT2D eigenvalue weighted by atomic mass is 16.5. The van der Waals surface area contributed by atoms with Crippen molar-refractivity contribution in [3.05, 3.63) is 18.0 Å². The second-order valence-corrected chi connectivity index (χ2v) is 3.17. The number of ether oxygens (including phenoxy) is 1. The van der Waals surface area contributed by atoms with Crippen molar-refractivity contribution in [3.8, 4) is 0 Å². The molecule has 1 heterocycles. The Labute approximate surface area is 78.1 Å². The summed E-state index contributed by atoms with van der Waals surface area (Å²) >= 11 is 0. The van der Waals surface area contributed by atoms with Crippen LogP contribution in [0.25, 0.3) is 0 Å². The quantitative estimate of drug-likeness (QED) is 0.718. The molecule has 0 aliphatic rings. The Balaban J connectivity index is 2.26. The molecule has 4 heteroatoms.